The summed E-state index contributed by atoms with van der Waals surface area (Å²) in [5.74, 6) is 0.491. The molecule has 0 bridgehead atoms. The monoisotopic (exact) mass is 457 g/mol. The van der Waals surface area contributed by atoms with E-state index in [0.717, 1.165) is 27.3 Å². The van der Waals surface area contributed by atoms with Crippen LogP contribution in [-0.4, -0.2) is 48.9 Å². The minimum absolute atomic E-state index is 0.0543. The molecule has 1 atom stereocenters. The standard InChI is InChI=1S/C23H27N3O5S/c1-14-4-5-19(30-3)17(10-14)15(2)11-21(28)25-22-18(12-24)16-6-7-26(13-20(16)32-22)23(29)31-9-8-27/h4-5,10,15,27H,6-9,11,13H2,1-3H3,(H,25,28)/t15-/m0/s1. The van der Waals surface area contributed by atoms with Crippen molar-refractivity contribution in [2.75, 3.05) is 32.2 Å². The second kappa shape index (κ2) is 10.5. The fourth-order valence-electron chi connectivity index (χ4n) is 3.79. The number of amides is 2. The van der Waals surface area contributed by atoms with Crippen LogP contribution in [-0.2, 0) is 22.5 Å². The van der Waals surface area contributed by atoms with Crippen molar-refractivity contribution in [2.24, 2.45) is 0 Å². The number of nitrogens with one attached hydrogen (secondary N) is 1. The van der Waals surface area contributed by atoms with E-state index in [1.54, 1.807) is 7.11 Å². The molecule has 0 unspecified atom stereocenters. The highest BCUT2D eigenvalue weighted by Crippen LogP contribution is 2.37. The number of nitriles is 1. The van der Waals surface area contributed by atoms with Gasteiger partial charge in [-0.15, -0.1) is 11.3 Å². The molecule has 9 heteroatoms. The van der Waals surface area contributed by atoms with Crippen LogP contribution >= 0.6 is 11.3 Å². The largest absolute Gasteiger partial charge is 0.496 e. The maximum absolute atomic E-state index is 12.8. The van der Waals surface area contributed by atoms with Crippen LogP contribution in [0.3, 0.4) is 0 Å². The molecule has 1 aliphatic heterocycles. The quantitative estimate of drug-likeness (QED) is 0.658. The van der Waals surface area contributed by atoms with Gasteiger partial charge >= 0.3 is 6.09 Å². The number of anilines is 1. The van der Waals surface area contributed by atoms with Gasteiger partial charge in [-0.05, 0) is 36.5 Å². The number of hydrogen-bond acceptors (Lipinski definition) is 7. The average molecular weight is 458 g/mol. The van der Waals surface area contributed by atoms with Crippen molar-refractivity contribution >= 4 is 28.3 Å². The molecule has 170 valence electrons. The van der Waals surface area contributed by atoms with E-state index in [0.29, 0.717) is 30.1 Å². The van der Waals surface area contributed by atoms with Gasteiger partial charge in [0.2, 0.25) is 5.91 Å². The number of fused-ring (bicyclic) bond motifs is 1. The van der Waals surface area contributed by atoms with Gasteiger partial charge in [-0.2, -0.15) is 5.26 Å². The summed E-state index contributed by atoms with van der Waals surface area (Å²) >= 11 is 1.31. The minimum Gasteiger partial charge on any atom is -0.496 e. The summed E-state index contributed by atoms with van der Waals surface area (Å²) in [5.41, 5.74) is 3.38. The Bertz CT molecular complexity index is 1040. The van der Waals surface area contributed by atoms with Gasteiger partial charge in [-0.25, -0.2) is 4.79 Å². The molecule has 2 amide bonds. The zero-order valence-electron chi connectivity index (χ0n) is 18.4. The molecule has 1 aliphatic rings. The van der Waals surface area contributed by atoms with E-state index < -0.39 is 6.09 Å². The van der Waals surface area contributed by atoms with Crippen molar-refractivity contribution in [3.8, 4) is 11.8 Å². The Labute approximate surface area is 191 Å². The molecule has 2 heterocycles. The van der Waals surface area contributed by atoms with Crippen LogP contribution in [0.4, 0.5) is 9.80 Å². The Hall–Kier alpha value is -3.09. The van der Waals surface area contributed by atoms with E-state index in [2.05, 4.69) is 11.4 Å². The van der Waals surface area contributed by atoms with E-state index in [1.807, 2.05) is 32.0 Å². The molecule has 8 nitrogen and oxygen atoms in total. The molecule has 0 saturated carbocycles. The first-order valence-electron chi connectivity index (χ1n) is 10.4. The summed E-state index contributed by atoms with van der Waals surface area (Å²) in [6.45, 7) is 4.41. The first-order valence-corrected chi connectivity index (χ1v) is 11.2. The van der Waals surface area contributed by atoms with Crippen LogP contribution in [0.15, 0.2) is 18.2 Å². The van der Waals surface area contributed by atoms with Crippen molar-refractivity contribution in [1.29, 1.82) is 5.26 Å². The SMILES string of the molecule is COc1ccc(C)cc1[C@@H](C)CC(=O)Nc1sc2c(c1C#N)CCN(C(=O)OCCO)C2. The van der Waals surface area contributed by atoms with Crippen molar-refractivity contribution < 1.29 is 24.2 Å². The Morgan fingerprint density at radius 3 is 2.88 bits per heavy atom. The van der Waals surface area contributed by atoms with Gasteiger partial charge in [0.25, 0.3) is 0 Å². The first-order chi connectivity index (χ1) is 15.4. The van der Waals surface area contributed by atoms with Crippen molar-refractivity contribution in [1.82, 2.24) is 4.90 Å². The van der Waals surface area contributed by atoms with Crippen molar-refractivity contribution in [3.63, 3.8) is 0 Å². The Morgan fingerprint density at radius 1 is 1.41 bits per heavy atom. The molecular weight excluding hydrogens is 430 g/mol. The molecule has 0 spiro atoms. The van der Waals surface area contributed by atoms with E-state index in [4.69, 9.17) is 14.6 Å². The van der Waals surface area contributed by atoms with Crippen LogP contribution in [0.2, 0.25) is 0 Å². The third kappa shape index (κ3) is 5.21. The highest BCUT2D eigenvalue weighted by Gasteiger charge is 2.28. The minimum atomic E-state index is -0.497. The number of aliphatic hydroxyl groups is 1. The smallest absolute Gasteiger partial charge is 0.410 e. The predicted molar refractivity (Wildman–Crippen MR) is 121 cm³/mol. The average Bonchev–Trinajstić information content (AvgIpc) is 3.12. The van der Waals surface area contributed by atoms with E-state index in [1.165, 1.54) is 16.2 Å². The Morgan fingerprint density at radius 2 is 2.19 bits per heavy atom. The number of carbonyl (C=O) groups is 2. The maximum Gasteiger partial charge on any atom is 0.410 e. The number of benzene rings is 1. The number of carbonyl (C=O) groups excluding carboxylic acids is 2. The van der Waals surface area contributed by atoms with Gasteiger partial charge < -0.3 is 24.8 Å². The van der Waals surface area contributed by atoms with E-state index >= 15 is 0 Å². The number of nitrogens with zero attached hydrogens (tertiary/aromatic N) is 2. The summed E-state index contributed by atoms with van der Waals surface area (Å²) in [6.07, 6.45) is 0.255. The third-order valence-corrected chi connectivity index (χ3v) is 6.54. The topological polar surface area (TPSA) is 112 Å². The molecule has 2 N–H and O–H groups in total. The molecule has 3 rings (SSSR count). The molecule has 0 aliphatic carbocycles. The normalized spacial score (nSPS) is 13.7. The summed E-state index contributed by atoms with van der Waals surface area (Å²) < 4.78 is 10.4. The van der Waals surface area contributed by atoms with Crippen LogP contribution < -0.4 is 10.1 Å². The van der Waals surface area contributed by atoms with Gasteiger partial charge in [0.1, 0.15) is 23.4 Å². The summed E-state index contributed by atoms with van der Waals surface area (Å²) in [6, 6.07) is 8.09. The van der Waals surface area contributed by atoms with E-state index in [9.17, 15) is 14.9 Å². The lowest BCUT2D eigenvalue weighted by Gasteiger charge is -2.26. The van der Waals surface area contributed by atoms with Crippen LogP contribution in [0, 0.1) is 18.3 Å². The second-order valence-corrected chi connectivity index (χ2v) is 8.83. The lowest BCUT2D eigenvalue weighted by atomic mass is 9.95. The summed E-state index contributed by atoms with van der Waals surface area (Å²) in [5, 5.41) is 21.9. The number of methoxy groups -OCH3 is 1. The van der Waals surface area contributed by atoms with Crippen molar-refractivity contribution in [3.05, 3.63) is 45.3 Å². The van der Waals surface area contributed by atoms with Crippen LogP contribution in [0.5, 0.6) is 5.75 Å². The van der Waals surface area contributed by atoms with Crippen molar-refractivity contribution in [2.45, 2.75) is 39.2 Å². The molecular formula is C23H27N3O5S. The number of thiophene rings is 1. The maximum atomic E-state index is 12.8. The first kappa shape index (κ1) is 23.6. The highest BCUT2D eigenvalue weighted by molar-refractivity contribution is 7.16. The number of ether oxygens (including phenoxy) is 2. The van der Waals surface area contributed by atoms with Gasteiger partial charge in [0, 0.05) is 17.8 Å². The highest BCUT2D eigenvalue weighted by atomic mass is 32.1. The zero-order chi connectivity index (χ0) is 23.3. The fraction of sp³-hybridized carbons (Fsp3) is 0.435. The van der Waals surface area contributed by atoms with Crippen LogP contribution in [0.25, 0.3) is 0 Å². The molecule has 2 aromatic rings. The molecule has 32 heavy (non-hydrogen) atoms. The lowest BCUT2D eigenvalue weighted by molar-refractivity contribution is -0.116. The molecule has 1 aromatic heterocycles. The van der Waals surface area contributed by atoms with Gasteiger partial charge in [0.05, 0.1) is 25.8 Å². The molecule has 1 aromatic carbocycles. The molecule has 0 saturated heterocycles. The molecule has 0 fully saturated rings. The van der Waals surface area contributed by atoms with Gasteiger partial charge in [0.15, 0.2) is 0 Å². The van der Waals surface area contributed by atoms with E-state index in [-0.39, 0.29) is 31.5 Å². The Kier molecular flexibility index (Phi) is 7.72. The number of aliphatic hydroxyl groups excluding tert-OH is 1. The summed E-state index contributed by atoms with van der Waals surface area (Å²) in [7, 11) is 1.61. The zero-order valence-corrected chi connectivity index (χ0v) is 19.3. The molecule has 0 radical (unpaired) electrons. The van der Waals surface area contributed by atoms with Gasteiger partial charge in [-0.1, -0.05) is 24.6 Å². The fourth-order valence-corrected chi connectivity index (χ4v) is 5.02. The third-order valence-electron chi connectivity index (χ3n) is 5.40. The number of hydrogen-bond donors (Lipinski definition) is 2. The number of rotatable bonds is 7. The van der Waals surface area contributed by atoms with Crippen LogP contribution in [0.1, 0.15) is 46.4 Å². The van der Waals surface area contributed by atoms with Gasteiger partial charge in [-0.3, -0.25) is 4.79 Å². The second-order valence-electron chi connectivity index (χ2n) is 7.73. The predicted octanol–water partition coefficient (Wildman–Crippen LogP) is 3.56. The Balaban J connectivity index is 1.71. The summed E-state index contributed by atoms with van der Waals surface area (Å²) in [4.78, 5) is 27.3. The lowest BCUT2D eigenvalue weighted by Crippen LogP contribution is -2.36. The number of aryl methyl sites for hydroxylation is 1.